The molecular formula is C13H15ClN4O3S. The standard InChI is InChI=1S/C13H15ClN4O3S/c14-11-7-10(22(16,20)21)1-2-12(11)17-13(19)18-5-3-9(8-15)4-6-18/h1-2,7,9H,3-6H2,(H,17,19)(H2,16,20,21). The Bertz CT molecular complexity index is 721. The molecule has 118 valence electrons. The average Bonchev–Trinajstić information content (AvgIpc) is 2.48. The van der Waals surface area contributed by atoms with Crippen molar-refractivity contribution < 1.29 is 13.2 Å². The zero-order valence-corrected chi connectivity index (χ0v) is 13.2. The summed E-state index contributed by atoms with van der Waals surface area (Å²) in [5, 5.41) is 16.6. The van der Waals surface area contributed by atoms with E-state index in [2.05, 4.69) is 11.4 Å². The van der Waals surface area contributed by atoms with E-state index in [1.54, 1.807) is 4.90 Å². The topological polar surface area (TPSA) is 116 Å². The number of nitriles is 1. The molecule has 1 fully saturated rings. The monoisotopic (exact) mass is 342 g/mol. The number of likely N-dealkylation sites (tertiary alicyclic amines) is 1. The first kappa shape index (κ1) is 16.5. The molecule has 0 unspecified atom stereocenters. The van der Waals surface area contributed by atoms with Crippen molar-refractivity contribution in [2.45, 2.75) is 17.7 Å². The van der Waals surface area contributed by atoms with Crippen LogP contribution in [-0.2, 0) is 10.0 Å². The third kappa shape index (κ3) is 3.88. The average molecular weight is 343 g/mol. The summed E-state index contributed by atoms with van der Waals surface area (Å²) in [6, 6.07) is 5.72. The molecular weight excluding hydrogens is 328 g/mol. The van der Waals surface area contributed by atoms with Crippen molar-refractivity contribution in [3.8, 4) is 6.07 Å². The van der Waals surface area contributed by atoms with Crippen LogP contribution in [0, 0.1) is 17.2 Å². The van der Waals surface area contributed by atoms with E-state index < -0.39 is 10.0 Å². The van der Waals surface area contributed by atoms with Crippen LogP contribution in [0.1, 0.15) is 12.8 Å². The molecule has 3 N–H and O–H groups in total. The molecule has 1 aliphatic rings. The molecule has 0 radical (unpaired) electrons. The fourth-order valence-electron chi connectivity index (χ4n) is 2.18. The number of hydrogen-bond acceptors (Lipinski definition) is 4. The third-order valence-corrected chi connectivity index (χ3v) is 4.70. The number of carbonyl (C=O) groups excluding carboxylic acids is 1. The number of carbonyl (C=O) groups is 1. The lowest BCUT2D eigenvalue weighted by molar-refractivity contribution is 0.192. The van der Waals surface area contributed by atoms with Gasteiger partial charge in [0, 0.05) is 19.0 Å². The second kappa shape index (κ2) is 6.52. The molecule has 1 aromatic carbocycles. The van der Waals surface area contributed by atoms with Gasteiger partial charge in [-0.1, -0.05) is 11.6 Å². The summed E-state index contributed by atoms with van der Waals surface area (Å²) in [6.45, 7) is 0.994. The minimum absolute atomic E-state index is 0.0123. The van der Waals surface area contributed by atoms with Gasteiger partial charge in [-0.3, -0.25) is 0 Å². The number of rotatable bonds is 2. The van der Waals surface area contributed by atoms with E-state index >= 15 is 0 Å². The third-order valence-electron chi connectivity index (χ3n) is 3.48. The first-order valence-corrected chi connectivity index (χ1v) is 8.51. The number of nitrogens with two attached hydrogens (primary N) is 1. The number of sulfonamides is 1. The summed E-state index contributed by atoms with van der Waals surface area (Å²) in [5.74, 6) is -0.0123. The number of nitrogens with zero attached hydrogens (tertiary/aromatic N) is 2. The maximum atomic E-state index is 12.1. The number of hydrogen-bond donors (Lipinski definition) is 2. The Balaban J connectivity index is 2.05. The van der Waals surface area contributed by atoms with E-state index in [1.165, 1.54) is 18.2 Å². The van der Waals surface area contributed by atoms with Gasteiger partial charge in [0.15, 0.2) is 0 Å². The van der Waals surface area contributed by atoms with Gasteiger partial charge in [0.1, 0.15) is 0 Å². The Hall–Kier alpha value is -1.82. The summed E-state index contributed by atoms with van der Waals surface area (Å²) in [5.41, 5.74) is 0.307. The Morgan fingerprint density at radius 1 is 1.41 bits per heavy atom. The molecule has 0 atom stereocenters. The minimum atomic E-state index is -3.84. The van der Waals surface area contributed by atoms with Crippen molar-refractivity contribution in [2.75, 3.05) is 18.4 Å². The largest absolute Gasteiger partial charge is 0.324 e. The second-order valence-corrected chi connectivity index (χ2v) is 6.98. The van der Waals surface area contributed by atoms with E-state index in [1.807, 2.05) is 0 Å². The van der Waals surface area contributed by atoms with Crippen LogP contribution in [-0.4, -0.2) is 32.4 Å². The van der Waals surface area contributed by atoms with Gasteiger partial charge >= 0.3 is 6.03 Å². The number of benzene rings is 1. The predicted molar refractivity (Wildman–Crippen MR) is 81.8 cm³/mol. The zero-order valence-electron chi connectivity index (χ0n) is 11.6. The van der Waals surface area contributed by atoms with Crippen molar-refractivity contribution in [3.05, 3.63) is 23.2 Å². The van der Waals surface area contributed by atoms with Crippen molar-refractivity contribution in [3.63, 3.8) is 0 Å². The Kier molecular flexibility index (Phi) is 4.90. The molecule has 0 spiro atoms. The predicted octanol–water partition coefficient (Wildman–Crippen LogP) is 1.75. The normalized spacial score (nSPS) is 16.1. The van der Waals surface area contributed by atoms with Crippen LogP contribution in [0.2, 0.25) is 5.02 Å². The number of primary sulfonamides is 1. The summed E-state index contributed by atoms with van der Waals surface area (Å²) in [6.07, 6.45) is 1.28. The number of nitrogens with one attached hydrogen (secondary N) is 1. The molecule has 1 aromatic rings. The molecule has 0 aliphatic carbocycles. The first-order valence-electron chi connectivity index (χ1n) is 6.59. The highest BCUT2D eigenvalue weighted by Crippen LogP contribution is 2.25. The molecule has 1 saturated heterocycles. The number of anilines is 1. The van der Waals surface area contributed by atoms with Crippen LogP contribution in [0.4, 0.5) is 10.5 Å². The molecule has 7 nitrogen and oxygen atoms in total. The summed E-state index contributed by atoms with van der Waals surface area (Å²) >= 11 is 5.97. The van der Waals surface area contributed by atoms with Crippen LogP contribution in [0.3, 0.4) is 0 Å². The first-order chi connectivity index (χ1) is 10.3. The molecule has 0 saturated carbocycles. The molecule has 2 amide bonds. The van der Waals surface area contributed by atoms with Crippen LogP contribution in [0.25, 0.3) is 0 Å². The van der Waals surface area contributed by atoms with Crippen LogP contribution in [0.15, 0.2) is 23.1 Å². The fourth-order valence-corrected chi connectivity index (χ4v) is 3.01. The zero-order chi connectivity index (χ0) is 16.3. The lowest BCUT2D eigenvalue weighted by atomic mass is 9.99. The van der Waals surface area contributed by atoms with E-state index in [0.29, 0.717) is 31.6 Å². The van der Waals surface area contributed by atoms with Crippen molar-refractivity contribution >= 4 is 33.3 Å². The van der Waals surface area contributed by atoms with Crippen LogP contribution < -0.4 is 10.5 Å². The maximum absolute atomic E-state index is 12.1. The van der Waals surface area contributed by atoms with Crippen molar-refractivity contribution in [2.24, 2.45) is 11.1 Å². The Labute approximate surface area is 133 Å². The highest BCUT2D eigenvalue weighted by Gasteiger charge is 2.23. The van der Waals surface area contributed by atoms with E-state index in [-0.39, 0.29) is 21.9 Å². The number of amides is 2. The van der Waals surface area contributed by atoms with E-state index in [0.717, 1.165) is 0 Å². The Morgan fingerprint density at radius 2 is 2.05 bits per heavy atom. The molecule has 1 aliphatic heterocycles. The lowest BCUT2D eigenvalue weighted by Crippen LogP contribution is -2.40. The minimum Gasteiger partial charge on any atom is -0.324 e. The Morgan fingerprint density at radius 3 is 2.55 bits per heavy atom. The highest BCUT2D eigenvalue weighted by atomic mass is 35.5. The quantitative estimate of drug-likeness (QED) is 0.851. The van der Waals surface area contributed by atoms with E-state index in [4.69, 9.17) is 22.0 Å². The van der Waals surface area contributed by atoms with Gasteiger partial charge in [0.2, 0.25) is 10.0 Å². The molecule has 2 rings (SSSR count). The molecule has 0 bridgehead atoms. The van der Waals surface area contributed by atoms with Crippen molar-refractivity contribution in [1.82, 2.24) is 4.90 Å². The fraction of sp³-hybridized carbons (Fsp3) is 0.385. The van der Waals surface area contributed by atoms with Gasteiger partial charge in [-0.25, -0.2) is 18.4 Å². The summed E-state index contributed by atoms with van der Waals surface area (Å²) in [7, 11) is -3.84. The second-order valence-electron chi connectivity index (χ2n) is 5.01. The molecule has 22 heavy (non-hydrogen) atoms. The molecule has 9 heteroatoms. The summed E-state index contributed by atoms with van der Waals surface area (Å²) < 4.78 is 22.4. The van der Waals surface area contributed by atoms with Gasteiger partial charge in [0.25, 0.3) is 0 Å². The number of piperidine rings is 1. The van der Waals surface area contributed by atoms with Gasteiger partial charge in [-0.15, -0.1) is 0 Å². The van der Waals surface area contributed by atoms with Crippen LogP contribution >= 0.6 is 11.6 Å². The maximum Gasteiger partial charge on any atom is 0.321 e. The van der Waals surface area contributed by atoms with Gasteiger partial charge in [0.05, 0.1) is 21.7 Å². The lowest BCUT2D eigenvalue weighted by Gasteiger charge is -2.29. The number of urea groups is 1. The molecule has 1 heterocycles. The smallest absolute Gasteiger partial charge is 0.321 e. The molecule has 0 aromatic heterocycles. The van der Waals surface area contributed by atoms with Gasteiger partial charge in [-0.05, 0) is 31.0 Å². The van der Waals surface area contributed by atoms with Gasteiger partial charge in [-0.2, -0.15) is 5.26 Å². The van der Waals surface area contributed by atoms with Gasteiger partial charge < -0.3 is 10.2 Å². The van der Waals surface area contributed by atoms with Crippen LogP contribution in [0.5, 0.6) is 0 Å². The SMILES string of the molecule is N#CC1CCN(C(=O)Nc2ccc(S(N)(=O)=O)cc2Cl)CC1. The van der Waals surface area contributed by atoms with Crippen molar-refractivity contribution in [1.29, 1.82) is 5.26 Å². The van der Waals surface area contributed by atoms with E-state index in [9.17, 15) is 13.2 Å². The number of halogens is 1. The highest BCUT2D eigenvalue weighted by molar-refractivity contribution is 7.89. The summed E-state index contributed by atoms with van der Waals surface area (Å²) in [4.78, 5) is 13.6.